The smallest absolute Gasteiger partial charge is 0.351 e. The second-order valence-electron chi connectivity index (χ2n) is 28.0. The third-order valence-corrected chi connectivity index (χ3v) is 24.8. The summed E-state index contributed by atoms with van der Waals surface area (Å²) in [6.07, 6.45) is -14.4. The van der Waals surface area contributed by atoms with Crippen molar-refractivity contribution in [2.45, 2.75) is 221 Å². The van der Waals surface area contributed by atoms with Gasteiger partial charge in [-0.2, -0.15) is 4.98 Å². The van der Waals surface area contributed by atoms with E-state index in [-0.39, 0.29) is 144 Å². The normalized spacial score (nSPS) is 29.4. The van der Waals surface area contributed by atoms with Gasteiger partial charge in [0.1, 0.15) is 97.2 Å². The van der Waals surface area contributed by atoms with Crippen molar-refractivity contribution in [3.05, 3.63) is 22.7 Å². The number of hydrogen-bond donors (Lipinski definition) is 18. The zero-order valence-corrected chi connectivity index (χ0v) is 73.2. The molecule has 1 aromatic heterocycles. The van der Waals surface area contributed by atoms with Gasteiger partial charge < -0.3 is 185 Å². The van der Waals surface area contributed by atoms with Crippen molar-refractivity contribution in [1.29, 1.82) is 0 Å². The van der Waals surface area contributed by atoms with Crippen LogP contribution < -0.4 is 27.4 Å². The largest absolute Gasteiger partial charge is 0.394 e. The Kier molecular flexibility index (Phi) is 50.6. The minimum absolute atomic E-state index is 0.000264. The predicted molar refractivity (Wildman–Crippen MR) is 427 cm³/mol. The maximum atomic E-state index is 12.6. The molecule has 5 heterocycles. The summed E-state index contributed by atoms with van der Waals surface area (Å²) in [4.78, 5) is 95.3. The second-order valence-corrected chi connectivity index (χ2v) is 39.4. The Morgan fingerprint density at radius 3 is 1.05 bits per heavy atom. The molecule has 5 rings (SSSR count). The number of amides is 3. The summed E-state index contributed by atoms with van der Waals surface area (Å²) in [5.74, 6) is -1.56. The molecule has 4 unspecified atom stereocenters. The van der Waals surface area contributed by atoms with Gasteiger partial charge in [-0.1, -0.05) is 12.8 Å². The van der Waals surface area contributed by atoms with Crippen LogP contribution in [0.3, 0.4) is 0 Å². The van der Waals surface area contributed by atoms with E-state index in [0.717, 1.165) is 4.57 Å². The van der Waals surface area contributed by atoms with Gasteiger partial charge in [0.15, 0.2) is 25.1 Å². The fourth-order valence-electron chi connectivity index (χ4n) is 12.1. The van der Waals surface area contributed by atoms with E-state index in [0.29, 0.717) is 64.2 Å². The monoisotopic (exact) mass is 1860 g/mol. The Balaban J connectivity index is 1.16. The molecular formula is C66H122N6O38P4S4. The molecule has 0 aromatic carbocycles. The highest BCUT2D eigenvalue weighted by molar-refractivity contribution is 8.08. The summed E-state index contributed by atoms with van der Waals surface area (Å²) in [5, 5.41) is 110. The molecule has 688 valence electrons. The second kappa shape index (κ2) is 55.8. The topological polar surface area (TPSA) is 616 Å². The number of aliphatic hydroxyl groups is 10. The maximum absolute atomic E-state index is 12.6. The number of nitrogen functional groups attached to an aromatic ring is 1. The van der Waals surface area contributed by atoms with Crippen LogP contribution in [0.15, 0.2) is 17.1 Å². The van der Waals surface area contributed by atoms with Gasteiger partial charge in [0.2, 0.25) is 17.7 Å². The highest BCUT2D eigenvalue weighted by Gasteiger charge is 2.50. The standard InChI is InChI=1S/C66H122N6O38P4S4/c1-42(76)68-50-57(83)53(79)45(34-73)108-62(50)96-24-9-12-28-99-111(87,115)103-31-15-21-93-39-66(40-94-22-16-32-104-112(88,116)100-29-13-10-25-97-63-51(69-43(2)77)58(84)54(80)46(35-74)109-63,41-95-23-17-33-105-113(89,117)101-30-14-11-26-98-64-52(70-44(3)78)59(85)55(81)47(36-75)110-64)38-92-20-7-5-6-8-27-102-114(90,118)106-37-48-56(82)60(91-4)61(107-48)72-19-18-49(67)71-65(72)86/h18-19,45-48,50-64,73-75,79-85H,5-17,20-41H2,1-4H3,(H,68,76)(H,69,77)(H,70,78)(H,87,115)(H,88,116)(H,89,117)(H,90,118)(H2,67,71,86)/t45-,46-,47-,48-,50-,51-,52-,53+,54+,55+,56-,57-,58-,59-,60-,61-,62-,63-,64-,66?,111?,112?,113?,114?/m1/s1. The van der Waals surface area contributed by atoms with E-state index < -0.39 is 199 Å². The first-order valence-electron chi connectivity index (χ1n) is 38.5. The van der Waals surface area contributed by atoms with Gasteiger partial charge in [-0.05, 0) is 124 Å². The minimum atomic E-state index is -3.85. The first-order chi connectivity index (χ1) is 56.0. The van der Waals surface area contributed by atoms with Gasteiger partial charge in [0.05, 0.1) is 105 Å². The highest BCUT2D eigenvalue weighted by atomic mass is 32.5. The Bertz CT molecular complexity index is 3090. The molecule has 3 amide bonds. The van der Waals surface area contributed by atoms with Crippen molar-refractivity contribution in [3.63, 3.8) is 0 Å². The lowest BCUT2D eigenvalue weighted by Gasteiger charge is -2.42. The number of nitrogens with one attached hydrogen (secondary N) is 3. The molecular weight excluding hydrogens is 1740 g/mol. The first kappa shape index (κ1) is 107. The summed E-state index contributed by atoms with van der Waals surface area (Å²) in [7, 11) is 1.33. The lowest BCUT2D eigenvalue weighted by atomic mass is 9.92. The molecule has 4 fully saturated rings. The van der Waals surface area contributed by atoms with Crippen LogP contribution >= 0.6 is 26.9 Å². The Morgan fingerprint density at radius 1 is 0.441 bits per heavy atom. The van der Waals surface area contributed by atoms with Crippen molar-refractivity contribution in [1.82, 2.24) is 25.5 Å². The van der Waals surface area contributed by atoms with E-state index in [1.165, 1.54) is 40.1 Å². The van der Waals surface area contributed by atoms with Gasteiger partial charge in [-0.3, -0.25) is 19.0 Å². The minimum Gasteiger partial charge on any atom is -0.394 e. The molecule has 52 heteroatoms. The highest BCUT2D eigenvalue weighted by Crippen LogP contribution is 2.47. The molecule has 0 bridgehead atoms. The van der Waals surface area contributed by atoms with Gasteiger partial charge in [0, 0.05) is 80.3 Å². The number of aliphatic hydroxyl groups excluding tert-OH is 10. The zero-order chi connectivity index (χ0) is 87.1. The molecule has 0 aliphatic carbocycles. The number of rotatable bonds is 63. The molecule has 0 radical (unpaired) electrons. The summed E-state index contributed by atoms with van der Waals surface area (Å²) < 4.78 is 116. The number of nitrogens with two attached hydrogens (primary N) is 1. The number of unbranched alkanes of at least 4 members (excludes halogenated alkanes) is 6. The van der Waals surface area contributed by atoms with Gasteiger partial charge in [-0.25, -0.2) is 4.79 Å². The quantitative estimate of drug-likeness (QED) is 0.0230. The van der Waals surface area contributed by atoms with Crippen LogP contribution in [0.5, 0.6) is 0 Å². The van der Waals surface area contributed by atoms with E-state index in [1.807, 2.05) is 0 Å². The number of carbonyl (C=O) groups excluding carboxylic acids is 3. The lowest BCUT2D eigenvalue weighted by molar-refractivity contribution is -0.270. The fraction of sp³-hybridized carbons (Fsp3) is 0.894. The molecule has 0 saturated carbocycles. The number of methoxy groups -OCH3 is 1. The molecule has 118 heavy (non-hydrogen) atoms. The number of anilines is 1. The Labute approximate surface area is 704 Å². The first-order valence-corrected chi connectivity index (χ1v) is 48.9. The van der Waals surface area contributed by atoms with Crippen molar-refractivity contribution in [2.75, 3.05) is 158 Å². The van der Waals surface area contributed by atoms with Crippen LogP contribution in [0.4, 0.5) is 5.82 Å². The summed E-state index contributed by atoms with van der Waals surface area (Å²) in [6.45, 7) is -13.8. The van der Waals surface area contributed by atoms with Crippen molar-refractivity contribution >= 4 is 97.6 Å². The van der Waals surface area contributed by atoms with E-state index in [1.54, 1.807) is 0 Å². The van der Waals surface area contributed by atoms with Crippen LogP contribution in [-0.4, -0.2) is 361 Å². The van der Waals surface area contributed by atoms with Gasteiger partial charge >= 0.3 is 32.6 Å². The molecule has 44 nitrogen and oxygen atoms in total. The average Bonchev–Trinajstić information content (AvgIpc) is 1.58. The number of carbonyl (C=O) groups is 3. The predicted octanol–water partition coefficient (Wildman–Crippen LogP) is -2.90. The lowest BCUT2D eigenvalue weighted by Crippen LogP contribution is -2.64. The van der Waals surface area contributed by atoms with Crippen molar-refractivity contribution in [3.8, 4) is 0 Å². The number of hydrogen-bond acceptors (Lipinski definition) is 40. The number of ether oxygens (including phenoxy) is 12. The van der Waals surface area contributed by atoms with Crippen LogP contribution in [0, 0.1) is 5.41 Å². The summed E-state index contributed by atoms with van der Waals surface area (Å²) >= 11 is 21.0. The van der Waals surface area contributed by atoms with E-state index in [2.05, 4.69) is 20.9 Å². The summed E-state index contributed by atoms with van der Waals surface area (Å²) in [6, 6.07) is -2.01. The Morgan fingerprint density at radius 2 is 0.737 bits per heavy atom. The van der Waals surface area contributed by atoms with Crippen molar-refractivity contribution in [2.24, 2.45) is 5.41 Å². The molecule has 19 N–H and O–H groups in total. The van der Waals surface area contributed by atoms with Crippen LogP contribution in [-0.2, 0) is 155 Å². The number of nitrogens with zero attached hydrogens (tertiary/aromatic N) is 2. The number of aromatic nitrogens is 2. The zero-order valence-electron chi connectivity index (χ0n) is 66.3. The fourth-order valence-corrected chi connectivity index (χ4v) is 17.0. The maximum Gasteiger partial charge on any atom is 0.351 e. The van der Waals surface area contributed by atoms with Crippen LogP contribution in [0.2, 0.25) is 0 Å². The summed E-state index contributed by atoms with van der Waals surface area (Å²) in [5.41, 5.74) is 3.84. The molecule has 0 spiro atoms. The van der Waals surface area contributed by atoms with Gasteiger partial charge in [-0.15, -0.1) is 0 Å². The molecule has 4 aliphatic rings. The molecule has 23 atom stereocenters. The molecule has 4 aliphatic heterocycles. The average molecular weight is 1860 g/mol. The Hall–Kier alpha value is -1.67. The van der Waals surface area contributed by atoms with E-state index in [4.69, 9.17) is 146 Å². The van der Waals surface area contributed by atoms with Crippen LogP contribution in [0.1, 0.15) is 110 Å². The van der Waals surface area contributed by atoms with E-state index in [9.17, 15) is 89.8 Å². The molecule has 4 saturated heterocycles. The third kappa shape index (κ3) is 38.9. The molecule has 1 aromatic rings. The van der Waals surface area contributed by atoms with E-state index >= 15 is 0 Å². The third-order valence-electron chi connectivity index (χ3n) is 18.2. The van der Waals surface area contributed by atoms with Crippen molar-refractivity contribution < 1.29 is 178 Å². The SMILES string of the molecule is CO[C@@H]1[C@H](O)[C@@H](COP(O)(=S)OCCCCCCOCC(COCCCOP(O)(=S)OCCCCO[C@@H]2O[C@H](CO)[C@H](O)[C@H](O)[C@H]2NC(C)=O)(COCCCOP(O)(=S)OCCCCO[C@@H]2O[C@H](CO)[C@H](O)[C@H](O)[C@H]2NC(C)=O)COCCCOP(O)(=S)OCCCCO[C@@H]2O[C@H](CO)[C@H](O)[C@H](O)[C@H]2NC(C)=O)O[C@H]1n1ccc(N)nc1=O. The van der Waals surface area contributed by atoms with Gasteiger partial charge in [0.25, 0.3) is 0 Å². The van der Waals surface area contributed by atoms with Crippen LogP contribution in [0.25, 0.3) is 0 Å².